The van der Waals surface area contributed by atoms with Crippen molar-refractivity contribution in [1.82, 2.24) is 9.88 Å². The lowest BCUT2D eigenvalue weighted by molar-refractivity contribution is -0.122. The van der Waals surface area contributed by atoms with Gasteiger partial charge >= 0.3 is 0 Å². The average Bonchev–Trinajstić information content (AvgIpc) is 3.22. The summed E-state index contributed by atoms with van der Waals surface area (Å²) in [5.41, 5.74) is 1.54. The summed E-state index contributed by atoms with van der Waals surface area (Å²) in [4.78, 5) is 33.3. The van der Waals surface area contributed by atoms with Crippen LogP contribution in [0.3, 0.4) is 0 Å². The van der Waals surface area contributed by atoms with Gasteiger partial charge in [0.15, 0.2) is 0 Å². The molecular formula is C21H21N3O3S. The molecule has 1 fully saturated rings. The molecule has 144 valence electrons. The van der Waals surface area contributed by atoms with Crippen molar-refractivity contribution in [3.05, 3.63) is 53.5 Å². The Bertz CT molecular complexity index is 982. The largest absolute Gasteiger partial charge is 0.494 e. The molecule has 2 heterocycles. The molecule has 3 aromatic rings. The fourth-order valence-corrected chi connectivity index (χ4v) is 4.43. The Hall–Kier alpha value is -2.77. The first-order valence-corrected chi connectivity index (χ1v) is 10.0. The van der Waals surface area contributed by atoms with Crippen molar-refractivity contribution >= 4 is 39.1 Å². The van der Waals surface area contributed by atoms with Crippen LogP contribution in [0.5, 0.6) is 5.75 Å². The summed E-state index contributed by atoms with van der Waals surface area (Å²) in [6.45, 7) is 3.01. The number of rotatable bonds is 6. The van der Waals surface area contributed by atoms with Crippen LogP contribution in [0.25, 0.3) is 10.2 Å². The van der Waals surface area contributed by atoms with E-state index in [4.69, 9.17) is 4.74 Å². The quantitative estimate of drug-likeness (QED) is 0.598. The summed E-state index contributed by atoms with van der Waals surface area (Å²) in [5.74, 6) is 0.336. The number of amides is 2. The van der Waals surface area contributed by atoms with Crippen LogP contribution in [-0.2, 0) is 16.1 Å². The van der Waals surface area contributed by atoms with E-state index in [2.05, 4.69) is 4.98 Å². The SMILES string of the molecule is CCOc1ccc(N2C(=O)C[C@H](N(C)Cc3nc4ccccc4s3)C2=O)cc1. The van der Waals surface area contributed by atoms with Crippen LogP contribution in [0.1, 0.15) is 18.4 Å². The van der Waals surface area contributed by atoms with Crippen molar-refractivity contribution in [3.8, 4) is 5.75 Å². The number of anilines is 1. The van der Waals surface area contributed by atoms with Crippen LogP contribution in [0, 0.1) is 0 Å². The normalized spacial score (nSPS) is 17.1. The fraction of sp³-hybridized carbons (Fsp3) is 0.286. The Labute approximate surface area is 167 Å². The summed E-state index contributed by atoms with van der Waals surface area (Å²) in [6.07, 6.45) is 0.174. The number of imide groups is 1. The molecule has 1 saturated heterocycles. The van der Waals surface area contributed by atoms with Gasteiger partial charge in [-0.25, -0.2) is 9.88 Å². The highest BCUT2D eigenvalue weighted by Crippen LogP contribution is 2.29. The summed E-state index contributed by atoms with van der Waals surface area (Å²) in [7, 11) is 1.86. The van der Waals surface area contributed by atoms with Gasteiger partial charge in [-0.1, -0.05) is 12.1 Å². The van der Waals surface area contributed by atoms with E-state index in [9.17, 15) is 9.59 Å². The number of benzene rings is 2. The Morgan fingerprint density at radius 1 is 1.18 bits per heavy atom. The number of para-hydroxylation sites is 1. The Morgan fingerprint density at radius 3 is 2.64 bits per heavy atom. The van der Waals surface area contributed by atoms with E-state index in [-0.39, 0.29) is 18.2 Å². The number of hydrogen-bond acceptors (Lipinski definition) is 6. The topological polar surface area (TPSA) is 62.7 Å². The zero-order valence-corrected chi connectivity index (χ0v) is 16.6. The van der Waals surface area contributed by atoms with E-state index in [0.717, 1.165) is 21.0 Å². The predicted molar refractivity (Wildman–Crippen MR) is 110 cm³/mol. The molecule has 1 aromatic heterocycles. The van der Waals surface area contributed by atoms with E-state index in [1.165, 1.54) is 4.90 Å². The molecule has 0 unspecified atom stereocenters. The van der Waals surface area contributed by atoms with Gasteiger partial charge in [-0.3, -0.25) is 14.5 Å². The Kier molecular flexibility index (Phi) is 5.11. The van der Waals surface area contributed by atoms with Gasteiger partial charge in [0.2, 0.25) is 5.91 Å². The van der Waals surface area contributed by atoms with Gasteiger partial charge in [-0.2, -0.15) is 0 Å². The third-order valence-electron chi connectivity index (χ3n) is 4.78. The third kappa shape index (κ3) is 3.50. The first-order valence-electron chi connectivity index (χ1n) is 9.21. The van der Waals surface area contributed by atoms with Crippen LogP contribution < -0.4 is 9.64 Å². The number of likely N-dealkylation sites (N-methyl/N-ethyl adjacent to an activating group) is 1. The zero-order chi connectivity index (χ0) is 19.7. The van der Waals surface area contributed by atoms with Gasteiger partial charge in [-0.15, -0.1) is 11.3 Å². The van der Waals surface area contributed by atoms with Crippen molar-refractivity contribution in [1.29, 1.82) is 0 Å². The number of thiazole rings is 1. The number of hydrogen-bond donors (Lipinski definition) is 0. The monoisotopic (exact) mass is 395 g/mol. The van der Waals surface area contributed by atoms with Crippen LogP contribution in [0.4, 0.5) is 5.69 Å². The molecule has 0 bridgehead atoms. The second-order valence-corrected chi connectivity index (χ2v) is 7.82. The van der Waals surface area contributed by atoms with Crippen LogP contribution in [-0.4, -0.2) is 41.4 Å². The van der Waals surface area contributed by atoms with Gasteiger partial charge in [0, 0.05) is 0 Å². The van der Waals surface area contributed by atoms with Crippen molar-refractivity contribution in [3.63, 3.8) is 0 Å². The lowest BCUT2D eigenvalue weighted by atomic mass is 10.2. The molecule has 28 heavy (non-hydrogen) atoms. The molecule has 1 atom stereocenters. The maximum atomic E-state index is 12.9. The van der Waals surface area contributed by atoms with Gasteiger partial charge < -0.3 is 4.74 Å². The number of carbonyl (C=O) groups excluding carboxylic acids is 2. The first kappa shape index (κ1) is 18.6. The highest BCUT2D eigenvalue weighted by molar-refractivity contribution is 7.18. The minimum atomic E-state index is -0.480. The Balaban J connectivity index is 1.49. The third-order valence-corrected chi connectivity index (χ3v) is 5.80. The molecule has 0 aliphatic carbocycles. The van der Waals surface area contributed by atoms with E-state index < -0.39 is 6.04 Å². The number of carbonyl (C=O) groups is 2. The van der Waals surface area contributed by atoms with Crippen molar-refractivity contribution in [2.24, 2.45) is 0 Å². The number of aromatic nitrogens is 1. The van der Waals surface area contributed by atoms with Crippen LogP contribution >= 0.6 is 11.3 Å². The molecule has 7 heteroatoms. The van der Waals surface area contributed by atoms with E-state index in [1.807, 2.05) is 43.1 Å². The minimum absolute atomic E-state index is 0.174. The number of fused-ring (bicyclic) bond motifs is 1. The maximum absolute atomic E-state index is 12.9. The molecule has 6 nitrogen and oxygen atoms in total. The second-order valence-electron chi connectivity index (χ2n) is 6.70. The Morgan fingerprint density at radius 2 is 1.93 bits per heavy atom. The smallest absolute Gasteiger partial charge is 0.251 e. The zero-order valence-electron chi connectivity index (χ0n) is 15.8. The molecule has 1 aliphatic heterocycles. The molecule has 2 aromatic carbocycles. The molecular weight excluding hydrogens is 374 g/mol. The predicted octanol–water partition coefficient (Wildman–Crippen LogP) is 3.46. The van der Waals surface area contributed by atoms with Crippen molar-refractivity contribution in [2.45, 2.75) is 25.9 Å². The highest BCUT2D eigenvalue weighted by Gasteiger charge is 2.41. The van der Waals surface area contributed by atoms with Crippen molar-refractivity contribution < 1.29 is 14.3 Å². The van der Waals surface area contributed by atoms with E-state index in [0.29, 0.717) is 18.8 Å². The van der Waals surface area contributed by atoms with Gasteiger partial charge in [-0.05, 0) is 50.4 Å². The molecule has 0 spiro atoms. The summed E-state index contributed by atoms with van der Waals surface area (Å²) < 4.78 is 6.55. The lowest BCUT2D eigenvalue weighted by Gasteiger charge is -2.22. The molecule has 0 N–H and O–H groups in total. The minimum Gasteiger partial charge on any atom is -0.494 e. The fourth-order valence-electron chi connectivity index (χ4n) is 3.40. The molecule has 2 amide bonds. The summed E-state index contributed by atoms with van der Waals surface area (Å²) >= 11 is 1.61. The molecule has 0 saturated carbocycles. The number of nitrogens with zero attached hydrogens (tertiary/aromatic N) is 3. The highest BCUT2D eigenvalue weighted by atomic mass is 32.1. The van der Waals surface area contributed by atoms with Crippen LogP contribution in [0.2, 0.25) is 0 Å². The van der Waals surface area contributed by atoms with Crippen molar-refractivity contribution in [2.75, 3.05) is 18.6 Å². The lowest BCUT2D eigenvalue weighted by Crippen LogP contribution is -2.39. The summed E-state index contributed by atoms with van der Waals surface area (Å²) in [6, 6.07) is 14.5. The van der Waals surface area contributed by atoms with Gasteiger partial charge in [0.25, 0.3) is 5.91 Å². The van der Waals surface area contributed by atoms with Gasteiger partial charge in [0.05, 0.1) is 41.5 Å². The number of ether oxygens (including phenoxy) is 1. The second kappa shape index (κ2) is 7.69. The molecule has 1 aliphatic rings. The average molecular weight is 395 g/mol. The van der Waals surface area contributed by atoms with Crippen LogP contribution in [0.15, 0.2) is 48.5 Å². The van der Waals surface area contributed by atoms with E-state index >= 15 is 0 Å². The van der Waals surface area contributed by atoms with Gasteiger partial charge in [0.1, 0.15) is 10.8 Å². The molecule has 0 radical (unpaired) electrons. The van der Waals surface area contributed by atoms with E-state index in [1.54, 1.807) is 35.6 Å². The summed E-state index contributed by atoms with van der Waals surface area (Å²) in [5, 5.41) is 0.934. The molecule has 4 rings (SSSR count). The first-order chi connectivity index (χ1) is 13.6. The standard InChI is InChI=1S/C21H21N3O3S/c1-3-27-15-10-8-14(9-11-15)24-20(25)12-17(21(24)26)23(2)13-19-22-16-6-4-5-7-18(16)28-19/h4-11,17H,3,12-13H2,1-2H3/t17-/m0/s1. The maximum Gasteiger partial charge on any atom is 0.251 e.